The number of hydrogen-bond acceptors (Lipinski definition) is 8. The zero-order valence-corrected chi connectivity index (χ0v) is 21.4. The van der Waals surface area contributed by atoms with Crippen molar-refractivity contribution >= 4 is 33.6 Å². The molecule has 0 radical (unpaired) electrons. The van der Waals surface area contributed by atoms with Gasteiger partial charge in [-0.05, 0) is 19.9 Å². The van der Waals surface area contributed by atoms with Gasteiger partial charge >= 0.3 is 148 Å². The molecule has 0 spiro atoms. The predicted octanol–water partition coefficient (Wildman–Crippen LogP) is 0.699. The van der Waals surface area contributed by atoms with Crippen LogP contribution in [0.15, 0.2) is 34.8 Å². The van der Waals surface area contributed by atoms with Gasteiger partial charge in [0.05, 0.1) is 6.10 Å². The molecule has 0 aromatic carbocycles. The second kappa shape index (κ2) is 9.46. The number of imidazole rings is 1. The number of allylic oxidation sites excluding steroid dienone is 2. The second-order valence-corrected chi connectivity index (χ2v) is 10.6. The van der Waals surface area contributed by atoms with Crippen LogP contribution in [0.1, 0.15) is 37.4 Å². The molecule has 1 aliphatic heterocycles. The van der Waals surface area contributed by atoms with Crippen LogP contribution in [0.25, 0.3) is 11.2 Å². The molecule has 3 aromatic heterocycles. The van der Waals surface area contributed by atoms with Gasteiger partial charge in [-0.15, -0.1) is 0 Å². The number of nitrogens with zero attached hydrogens (tertiary/aromatic N) is 5. The fourth-order valence-corrected chi connectivity index (χ4v) is 5.96. The Balaban J connectivity index is 1.34. The van der Waals surface area contributed by atoms with Crippen LogP contribution in [0.2, 0.25) is 0 Å². The van der Waals surface area contributed by atoms with Gasteiger partial charge in [-0.25, -0.2) is 0 Å². The van der Waals surface area contributed by atoms with Crippen molar-refractivity contribution in [2.24, 2.45) is 0 Å². The maximum absolute atomic E-state index is 5.77. The first kappa shape index (κ1) is 21.8. The van der Waals surface area contributed by atoms with Crippen molar-refractivity contribution < 1.29 is 26.2 Å². The van der Waals surface area contributed by atoms with Gasteiger partial charge in [0.15, 0.2) is 0 Å². The van der Waals surface area contributed by atoms with Crippen LogP contribution in [0.4, 0.5) is 10.8 Å². The van der Waals surface area contributed by atoms with Gasteiger partial charge in [0.25, 0.3) is 0 Å². The van der Waals surface area contributed by atoms with Crippen molar-refractivity contribution in [2.45, 2.75) is 45.9 Å². The van der Waals surface area contributed by atoms with E-state index in [1.807, 2.05) is 19.3 Å². The minimum atomic E-state index is -0.0691. The summed E-state index contributed by atoms with van der Waals surface area (Å²) >= 11 is 1.40. The zero-order valence-electron chi connectivity index (χ0n) is 18.4. The SMILES string of the molecule is CCO[C@@H]1CC1N(CC)Cc1cc(Nc2nc(C)cn3c(C4=CN[I-]C=C4)cnc23)sn1. The molecule has 8 nitrogen and oxygen atoms in total. The Hall–Kier alpha value is -2.02. The van der Waals surface area contributed by atoms with Crippen LogP contribution in [-0.2, 0) is 11.3 Å². The molecule has 0 saturated heterocycles. The average molecular weight is 564 g/mol. The van der Waals surface area contributed by atoms with Gasteiger partial charge in [0.1, 0.15) is 0 Å². The zero-order chi connectivity index (χ0) is 22.1. The maximum atomic E-state index is 5.77. The molecule has 4 heterocycles. The molecule has 1 unspecified atom stereocenters. The minimum absolute atomic E-state index is 0.0691. The number of aryl methyl sites for hydroxylation is 1. The summed E-state index contributed by atoms with van der Waals surface area (Å²) in [5.74, 6) is 0.748. The Kier molecular flexibility index (Phi) is 6.44. The molecule has 0 bridgehead atoms. The summed E-state index contributed by atoms with van der Waals surface area (Å²) in [7, 11) is 0. The van der Waals surface area contributed by atoms with E-state index in [0.29, 0.717) is 12.1 Å². The number of fused-ring (bicyclic) bond motifs is 1. The summed E-state index contributed by atoms with van der Waals surface area (Å²) in [5.41, 5.74) is 4.99. The quantitative estimate of drug-likeness (QED) is 0.293. The normalized spacial score (nSPS) is 20.2. The number of rotatable bonds is 9. The number of aromatic nitrogens is 4. The molecule has 1 fully saturated rings. The van der Waals surface area contributed by atoms with Gasteiger partial charge in [0, 0.05) is 12.6 Å². The van der Waals surface area contributed by atoms with Crippen LogP contribution in [-0.4, -0.2) is 48.9 Å². The molecule has 10 heteroatoms. The van der Waals surface area contributed by atoms with E-state index >= 15 is 0 Å². The Morgan fingerprint density at radius 3 is 3.09 bits per heavy atom. The van der Waals surface area contributed by atoms with Gasteiger partial charge in [-0.2, -0.15) is 0 Å². The molecule has 170 valence electrons. The van der Waals surface area contributed by atoms with E-state index in [-0.39, 0.29) is 21.5 Å². The third-order valence-electron chi connectivity index (χ3n) is 5.61. The van der Waals surface area contributed by atoms with Gasteiger partial charge in [0.2, 0.25) is 0 Å². The van der Waals surface area contributed by atoms with E-state index in [1.165, 1.54) is 11.5 Å². The molecule has 0 amide bonds. The third-order valence-corrected chi connectivity index (χ3v) is 7.74. The van der Waals surface area contributed by atoms with E-state index < -0.39 is 0 Å². The molecule has 2 aliphatic rings. The van der Waals surface area contributed by atoms with Crippen molar-refractivity contribution in [3.63, 3.8) is 0 Å². The molecule has 1 saturated carbocycles. The van der Waals surface area contributed by atoms with Crippen molar-refractivity contribution in [1.82, 2.24) is 27.2 Å². The molecule has 3 aromatic rings. The number of ether oxygens (including phenoxy) is 1. The number of halogens is 1. The fraction of sp³-hybridized carbons (Fsp3) is 0.409. The average Bonchev–Trinajstić information content (AvgIpc) is 3.21. The van der Waals surface area contributed by atoms with E-state index in [4.69, 9.17) is 9.72 Å². The molecule has 2 N–H and O–H groups in total. The van der Waals surface area contributed by atoms with E-state index in [2.05, 4.69) is 63.8 Å². The fourth-order valence-electron chi connectivity index (χ4n) is 4.01. The summed E-state index contributed by atoms with van der Waals surface area (Å²) in [6.07, 6.45) is 9.67. The van der Waals surface area contributed by atoms with E-state index in [1.54, 1.807) is 0 Å². The van der Waals surface area contributed by atoms with Crippen molar-refractivity contribution in [1.29, 1.82) is 0 Å². The molecule has 2 atom stereocenters. The standard InChI is InChI=1S/C22H27IN7OS/c1-4-29(17-9-19(17)31-5-2)13-16-8-20(32-28-16)27-21-22-24-11-18(15-6-7-23-25-10-15)30(22)12-14(3)26-21/h6-8,10-12,17,19,25H,4-5,9,13H2,1-3H3,(H,26,27)/q-1/t17?,19-/m1/s1. The monoisotopic (exact) mass is 564 g/mol. The second-order valence-electron chi connectivity index (χ2n) is 7.85. The predicted molar refractivity (Wildman–Crippen MR) is 123 cm³/mol. The third kappa shape index (κ3) is 4.54. The summed E-state index contributed by atoms with van der Waals surface area (Å²) in [5, 5.41) is 4.43. The Bertz CT molecular complexity index is 1170. The number of likely N-dealkylation sites (N-methyl/N-ethyl adjacent to an activating group) is 1. The molecule has 5 rings (SSSR count). The first-order valence-corrected chi connectivity index (χ1v) is 13.9. The van der Waals surface area contributed by atoms with E-state index in [0.717, 1.165) is 65.2 Å². The summed E-state index contributed by atoms with van der Waals surface area (Å²) < 4.78 is 18.1. The molecular weight excluding hydrogens is 537 g/mol. The van der Waals surface area contributed by atoms with Crippen molar-refractivity contribution in [3.05, 3.63) is 51.9 Å². The first-order valence-electron chi connectivity index (χ1n) is 10.8. The number of anilines is 2. The molecule has 32 heavy (non-hydrogen) atoms. The number of hydrogen-bond donors (Lipinski definition) is 2. The van der Waals surface area contributed by atoms with Gasteiger partial charge in [-0.3, -0.25) is 4.90 Å². The summed E-state index contributed by atoms with van der Waals surface area (Å²) in [4.78, 5) is 11.8. The molecular formula is C22H27IN7OS-. The summed E-state index contributed by atoms with van der Waals surface area (Å²) in [6, 6.07) is 2.63. The number of nitrogens with one attached hydrogen (secondary N) is 2. The van der Waals surface area contributed by atoms with Crippen LogP contribution >= 0.6 is 11.5 Å². The Morgan fingerprint density at radius 2 is 2.31 bits per heavy atom. The van der Waals surface area contributed by atoms with Crippen LogP contribution in [0.3, 0.4) is 0 Å². The first-order chi connectivity index (χ1) is 15.7. The Labute approximate surface area is 202 Å². The topological polar surface area (TPSA) is 79.6 Å². The summed E-state index contributed by atoms with van der Waals surface area (Å²) in [6.45, 7) is 8.87. The van der Waals surface area contributed by atoms with E-state index in [9.17, 15) is 0 Å². The van der Waals surface area contributed by atoms with Gasteiger partial charge < -0.3 is 4.74 Å². The van der Waals surface area contributed by atoms with Crippen molar-refractivity contribution in [2.75, 3.05) is 18.5 Å². The van der Waals surface area contributed by atoms with Gasteiger partial charge in [-0.1, -0.05) is 6.92 Å². The molecule has 1 aliphatic carbocycles. The van der Waals surface area contributed by atoms with Crippen LogP contribution < -0.4 is 30.3 Å². The van der Waals surface area contributed by atoms with Crippen LogP contribution in [0.5, 0.6) is 0 Å². The van der Waals surface area contributed by atoms with Crippen molar-refractivity contribution in [3.8, 4) is 0 Å². The van der Waals surface area contributed by atoms with Crippen LogP contribution in [0, 0.1) is 6.92 Å². The Morgan fingerprint density at radius 1 is 1.41 bits per heavy atom.